The van der Waals surface area contributed by atoms with Crippen LogP contribution in [0, 0.1) is 0 Å². The van der Waals surface area contributed by atoms with Gasteiger partial charge in [-0.25, -0.2) is 5.43 Å². The third-order valence-corrected chi connectivity index (χ3v) is 3.94. The molecule has 8 heteroatoms. The number of nitrogens with one attached hydrogen (secondary N) is 3. The van der Waals surface area contributed by atoms with Crippen molar-refractivity contribution in [1.29, 1.82) is 0 Å². The minimum absolute atomic E-state index is 0.257. The van der Waals surface area contributed by atoms with Crippen LogP contribution in [0.25, 0.3) is 10.9 Å². The van der Waals surface area contributed by atoms with E-state index in [2.05, 4.69) is 20.8 Å². The Bertz CT molecular complexity index is 1070. The SMILES string of the molecule is O=C(CNC(=O)c1ccc(Cl)cc1)N/N=C/c1cc2ccccc2[nH]c1=O. The summed E-state index contributed by atoms with van der Waals surface area (Å²) in [5, 5.41) is 7.59. The number of rotatable bonds is 5. The van der Waals surface area contributed by atoms with Gasteiger partial charge in [0.25, 0.3) is 17.4 Å². The van der Waals surface area contributed by atoms with Crippen LogP contribution in [0.15, 0.2) is 64.5 Å². The Balaban J connectivity index is 1.56. The maximum absolute atomic E-state index is 12.0. The number of nitrogens with zero attached hydrogens (tertiary/aromatic N) is 1. The molecule has 0 unspecified atom stereocenters. The number of aromatic nitrogens is 1. The van der Waals surface area contributed by atoms with Gasteiger partial charge in [-0.15, -0.1) is 0 Å². The van der Waals surface area contributed by atoms with Gasteiger partial charge in [0.1, 0.15) is 0 Å². The van der Waals surface area contributed by atoms with Crippen molar-refractivity contribution in [1.82, 2.24) is 15.7 Å². The van der Waals surface area contributed by atoms with Crippen LogP contribution >= 0.6 is 11.6 Å². The van der Waals surface area contributed by atoms with Crippen LogP contribution in [0.3, 0.4) is 0 Å². The average molecular weight is 383 g/mol. The van der Waals surface area contributed by atoms with Crippen LogP contribution in [-0.4, -0.2) is 29.6 Å². The summed E-state index contributed by atoms with van der Waals surface area (Å²) in [4.78, 5) is 38.4. The maximum atomic E-state index is 12.0. The van der Waals surface area contributed by atoms with Crippen molar-refractivity contribution >= 4 is 40.5 Å². The number of carbonyl (C=O) groups is 2. The van der Waals surface area contributed by atoms with E-state index >= 15 is 0 Å². The number of pyridine rings is 1. The lowest BCUT2D eigenvalue weighted by molar-refractivity contribution is -0.120. The van der Waals surface area contributed by atoms with E-state index in [-0.39, 0.29) is 12.1 Å². The Morgan fingerprint density at radius 3 is 2.63 bits per heavy atom. The van der Waals surface area contributed by atoms with Gasteiger partial charge in [0, 0.05) is 16.1 Å². The van der Waals surface area contributed by atoms with E-state index in [4.69, 9.17) is 11.6 Å². The first kappa shape index (κ1) is 18.3. The predicted octanol–water partition coefficient (Wildman–Crippen LogP) is 2.06. The monoisotopic (exact) mass is 382 g/mol. The molecule has 0 saturated heterocycles. The average Bonchev–Trinajstić information content (AvgIpc) is 2.67. The van der Waals surface area contributed by atoms with Crippen molar-refractivity contribution in [3.05, 3.63) is 81.1 Å². The smallest absolute Gasteiger partial charge is 0.259 e. The molecule has 3 aromatic rings. The number of fused-ring (bicyclic) bond motifs is 1. The van der Waals surface area contributed by atoms with Crippen molar-refractivity contribution in [3.63, 3.8) is 0 Å². The van der Waals surface area contributed by atoms with Crippen LogP contribution < -0.4 is 16.3 Å². The fraction of sp³-hybridized carbons (Fsp3) is 0.0526. The summed E-state index contributed by atoms with van der Waals surface area (Å²) >= 11 is 5.76. The second kappa shape index (κ2) is 8.29. The Kier molecular flexibility index (Phi) is 5.63. The normalized spacial score (nSPS) is 10.9. The first-order chi connectivity index (χ1) is 13.0. The zero-order valence-corrected chi connectivity index (χ0v) is 14.8. The van der Waals surface area contributed by atoms with E-state index in [9.17, 15) is 14.4 Å². The molecule has 0 bridgehead atoms. The molecule has 136 valence electrons. The number of benzene rings is 2. The Morgan fingerprint density at radius 2 is 1.85 bits per heavy atom. The van der Waals surface area contributed by atoms with Crippen LogP contribution in [0.2, 0.25) is 5.02 Å². The molecule has 0 aliphatic carbocycles. The van der Waals surface area contributed by atoms with Gasteiger partial charge in [0.15, 0.2) is 0 Å². The highest BCUT2D eigenvalue weighted by Crippen LogP contribution is 2.09. The number of amides is 2. The molecule has 7 nitrogen and oxygen atoms in total. The lowest BCUT2D eigenvalue weighted by Gasteiger charge is -2.04. The molecule has 0 atom stereocenters. The molecule has 27 heavy (non-hydrogen) atoms. The Labute approximate surface area is 159 Å². The molecule has 2 amide bonds. The Morgan fingerprint density at radius 1 is 1.11 bits per heavy atom. The standard InChI is InChI=1S/C19H15ClN4O3/c20-15-7-5-12(6-8-15)18(26)21-11-17(25)24-22-10-14-9-13-3-1-2-4-16(13)23-19(14)27/h1-10H,11H2,(H,21,26)(H,23,27)(H,24,25)/b22-10+. The van der Waals surface area contributed by atoms with Gasteiger partial charge in [0.2, 0.25) is 0 Å². The highest BCUT2D eigenvalue weighted by atomic mass is 35.5. The molecule has 0 fully saturated rings. The molecule has 0 aliphatic rings. The number of aromatic amines is 1. The lowest BCUT2D eigenvalue weighted by atomic mass is 10.2. The van der Waals surface area contributed by atoms with E-state index in [1.165, 1.54) is 6.21 Å². The molecular formula is C19H15ClN4O3. The molecule has 3 N–H and O–H groups in total. The quantitative estimate of drug-likeness (QED) is 0.464. The fourth-order valence-electron chi connectivity index (χ4n) is 2.34. The van der Waals surface area contributed by atoms with Gasteiger partial charge in [-0.1, -0.05) is 29.8 Å². The highest BCUT2D eigenvalue weighted by Gasteiger charge is 2.07. The first-order valence-electron chi connectivity index (χ1n) is 8.01. The van der Waals surface area contributed by atoms with Crippen molar-refractivity contribution in [2.45, 2.75) is 0 Å². The van der Waals surface area contributed by atoms with Gasteiger partial charge < -0.3 is 10.3 Å². The van der Waals surface area contributed by atoms with E-state index in [1.807, 2.05) is 18.2 Å². The molecule has 0 spiro atoms. The number of hydrazone groups is 1. The van der Waals surface area contributed by atoms with Crippen molar-refractivity contribution in [3.8, 4) is 0 Å². The number of H-pyrrole nitrogens is 1. The number of halogens is 1. The number of hydrogen-bond acceptors (Lipinski definition) is 4. The zero-order valence-electron chi connectivity index (χ0n) is 14.0. The van der Waals surface area contributed by atoms with E-state index in [1.54, 1.807) is 36.4 Å². The third-order valence-electron chi connectivity index (χ3n) is 3.69. The van der Waals surface area contributed by atoms with Crippen LogP contribution in [0.5, 0.6) is 0 Å². The van der Waals surface area contributed by atoms with Crippen molar-refractivity contribution in [2.24, 2.45) is 5.10 Å². The Hall–Kier alpha value is -3.45. The van der Waals surface area contributed by atoms with Gasteiger partial charge in [-0.2, -0.15) is 5.10 Å². The van der Waals surface area contributed by atoms with Crippen molar-refractivity contribution < 1.29 is 9.59 Å². The first-order valence-corrected chi connectivity index (χ1v) is 8.38. The molecule has 2 aromatic carbocycles. The van der Waals surface area contributed by atoms with Crippen LogP contribution in [-0.2, 0) is 4.79 Å². The third kappa shape index (κ3) is 4.80. The maximum Gasteiger partial charge on any atom is 0.259 e. The molecule has 0 radical (unpaired) electrons. The summed E-state index contributed by atoms with van der Waals surface area (Å²) in [6, 6.07) is 15.3. The van der Waals surface area contributed by atoms with E-state index in [0.29, 0.717) is 21.7 Å². The molecule has 1 aromatic heterocycles. The van der Waals surface area contributed by atoms with Gasteiger partial charge in [-0.05, 0) is 41.8 Å². The van der Waals surface area contributed by atoms with Gasteiger partial charge >= 0.3 is 0 Å². The number of hydrogen-bond donors (Lipinski definition) is 3. The minimum atomic E-state index is -0.522. The van der Waals surface area contributed by atoms with Gasteiger partial charge in [-0.3, -0.25) is 14.4 Å². The summed E-state index contributed by atoms with van der Waals surface area (Å²) in [5.41, 5.74) is 3.36. The van der Waals surface area contributed by atoms with E-state index in [0.717, 1.165) is 5.39 Å². The van der Waals surface area contributed by atoms with Gasteiger partial charge in [0.05, 0.1) is 18.3 Å². The number of carbonyl (C=O) groups excluding carboxylic acids is 2. The second-order valence-electron chi connectivity index (χ2n) is 5.62. The second-order valence-corrected chi connectivity index (χ2v) is 6.06. The summed E-state index contributed by atoms with van der Waals surface area (Å²) < 4.78 is 0. The predicted molar refractivity (Wildman–Crippen MR) is 104 cm³/mol. The van der Waals surface area contributed by atoms with E-state index < -0.39 is 11.8 Å². The highest BCUT2D eigenvalue weighted by molar-refractivity contribution is 6.30. The molecule has 3 rings (SSSR count). The van der Waals surface area contributed by atoms with Crippen LogP contribution in [0.1, 0.15) is 15.9 Å². The fourth-order valence-corrected chi connectivity index (χ4v) is 2.46. The lowest BCUT2D eigenvalue weighted by Crippen LogP contribution is -2.35. The largest absolute Gasteiger partial charge is 0.343 e. The minimum Gasteiger partial charge on any atom is -0.343 e. The summed E-state index contributed by atoms with van der Waals surface area (Å²) in [6.07, 6.45) is 1.25. The summed E-state index contributed by atoms with van der Waals surface area (Å²) in [7, 11) is 0. The topological polar surface area (TPSA) is 103 Å². The van der Waals surface area contributed by atoms with Crippen LogP contribution in [0.4, 0.5) is 0 Å². The number of para-hydroxylation sites is 1. The molecular weight excluding hydrogens is 368 g/mol. The molecule has 0 aliphatic heterocycles. The van der Waals surface area contributed by atoms with Crippen molar-refractivity contribution in [2.75, 3.05) is 6.54 Å². The summed E-state index contributed by atoms with van der Waals surface area (Å²) in [5.74, 6) is -0.928. The summed E-state index contributed by atoms with van der Waals surface area (Å²) in [6.45, 7) is -0.257. The molecule has 0 saturated carbocycles. The molecule has 1 heterocycles. The zero-order chi connectivity index (χ0) is 19.2.